The first-order chi connectivity index (χ1) is 6.61. The fraction of sp³-hybridized carbons (Fsp3) is 0.800. The molecule has 0 saturated heterocycles. The Morgan fingerprint density at radius 3 is 2.21 bits per heavy atom. The van der Waals surface area contributed by atoms with Crippen LogP contribution in [0.2, 0.25) is 0 Å². The number of ether oxygens (including phenoxy) is 2. The smallest absolute Gasteiger partial charge is 0.308 e. The second-order valence-corrected chi connectivity index (χ2v) is 3.00. The molecule has 0 spiro atoms. The van der Waals surface area contributed by atoms with Crippen LogP contribution in [0.5, 0.6) is 0 Å². The molecule has 0 fully saturated rings. The number of esters is 2. The van der Waals surface area contributed by atoms with E-state index in [1.54, 1.807) is 20.8 Å². The third-order valence-electron chi connectivity index (χ3n) is 1.78. The third kappa shape index (κ3) is 5.56. The average molecular weight is 202 g/mol. The number of hydrogen-bond donors (Lipinski definition) is 0. The summed E-state index contributed by atoms with van der Waals surface area (Å²) >= 11 is 0. The predicted octanol–water partition coefficient (Wildman–Crippen LogP) is 1.53. The number of rotatable bonds is 6. The molecule has 0 amide bonds. The van der Waals surface area contributed by atoms with E-state index in [1.165, 1.54) is 0 Å². The van der Waals surface area contributed by atoms with Crippen molar-refractivity contribution in [1.29, 1.82) is 0 Å². The Morgan fingerprint density at radius 1 is 1.14 bits per heavy atom. The summed E-state index contributed by atoms with van der Waals surface area (Å²) in [5.74, 6) is -0.750. The second kappa shape index (κ2) is 7.35. The molecule has 0 aliphatic carbocycles. The molecule has 0 aromatic heterocycles. The van der Waals surface area contributed by atoms with Crippen LogP contribution in [0.1, 0.15) is 33.6 Å². The lowest BCUT2D eigenvalue weighted by molar-refractivity contribution is -0.148. The van der Waals surface area contributed by atoms with Gasteiger partial charge in [0.15, 0.2) is 0 Å². The molecule has 82 valence electrons. The van der Waals surface area contributed by atoms with Crippen molar-refractivity contribution in [1.82, 2.24) is 0 Å². The summed E-state index contributed by atoms with van der Waals surface area (Å²) in [7, 11) is 0. The molecular weight excluding hydrogens is 184 g/mol. The highest BCUT2D eigenvalue weighted by Gasteiger charge is 2.15. The molecule has 4 nitrogen and oxygen atoms in total. The quantitative estimate of drug-likeness (QED) is 0.613. The first-order valence-corrected chi connectivity index (χ1v) is 4.94. The van der Waals surface area contributed by atoms with Crippen LogP contribution in [0.25, 0.3) is 0 Å². The van der Waals surface area contributed by atoms with Crippen molar-refractivity contribution >= 4 is 11.9 Å². The van der Waals surface area contributed by atoms with Gasteiger partial charge in [0, 0.05) is 6.42 Å². The summed E-state index contributed by atoms with van der Waals surface area (Å²) in [4.78, 5) is 22.1. The summed E-state index contributed by atoms with van der Waals surface area (Å²) in [6.07, 6.45) is 0.755. The van der Waals surface area contributed by atoms with Crippen molar-refractivity contribution in [2.24, 2.45) is 5.92 Å². The zero-order valence-corrected chi connectivity index (χ0v) is 9.04. The van der Waals surface area contributed by atoms with Crippen LogP contribution < -0.4 is 0 Å². The van der Waals surface area contributed by atoms with Crippen LogP contribution in [0.15, 0.2) is 0 Å². The topological polar surface area (TPSA) is 52.6 Å². The van der Waals surface area contributed by atoms with Gasteiger partial charge in [-0.1, -0.05) is 6.92 Å². The normalized spacial score (nSPS) is 11.9. The van der Waals surface area contributed by atoms with Gasteiger partial charge in [-0.3, -0.25) is 9.59 Å². The molecule has 4 heteroatoms. The van der Waals surface area contributed by atoms with Gasteiger partial charge in [0.05, 0.1) is 19.1 Å². The second-order valence-electron chi connectivity index (χ2n) is 3.00. The van der Waals surface area contributed by atoms with Gasteiger partial charge in [-0.15, -0.1) is 0 Å². The van der Waals surface area contributed by atoms with Crippen LogP contribution in [0.4, 0.5) is 0 Å². The van der Waals surface area contributed by atoms with Crippen LogP contribution in [-0.4, -0.2) is 25.2 Å². The summed E-state index contributed by atoms with van der Waals surface area (Å²) in [5, 5.41) is 0. The molecule has 0 aliphatic heterocycles. The minimum atomic E-state index is -0.261. The monoisotopic (exact) mass is 202 g/mol. The molecule has 0 aromatic carbocycles. The minimum absolute atomic E-state index is 0.237. The van der Waals surface area contributed by atoms with Crippen LogP contribution in [-0.2, 0) is 19.1 Å². The van der Waals surface area contributed by atoms with Crippen LogP contribution in [0, 0.1) is 5.92 Å². The first kappa shape index (κ1) is 12.9. The van der Waals surface area contributed by atoms with E-state index < -0.39 is 0 Å². The molecule has 0 aromatic rings. The zero-order valence-electron chi connectivity index (χ0n) is 9.04. The number of carbonyl (C=O) groups is 2. The van der Waals surface area contributed by atoms with E-state index in [0.29, 0.717) is 19.6 Å². The molecule has 0 rings (SSSR count). The first-order valence-electron chi connectivity index (χ1n) is 4.94. The highest BCUT2D eigenvalue weighted by molar-refractivity contribution is 5.74. The van der Waals surface area contributed by atoms with Crippen LogP contribution in [0.3, 0.4) is 0 Å². The van der Waals surface area contributed by atoms with Gasteiger partial charge in [0.25, 0.3) is 0 Å². The van der Waals surface area contributed by atoms with Crippen molar-refractivity contribution < 1.29 is 19.1 Å². The van der Waals surface area contributed by atoms with E-state index in [0.717, 1.165) is 0 Å². The largest absolute Gasteiger partial charge is 0.466 e. The van der Waals surface area contributed by atoms with Gasteiger partial charge in [-0.2, -0.15) is 0 Å². The molecule has 0 bridgehead atoms. The van der Waals surface area contributed by atoms with E-state index in [2.05, 4.69) is 0 Å². The third-order valence-corrected chi connectivity index (χ3v) is 1.78. The number of hydrogen-bond acceptors (Lipinski definition) is 4. The van der Waals surface area contributed by atoms with Gasteiger partial charge in [-0.25, -0.2) is 0 Å². The SMILES string of the molecule is CCOC(=O)CCC(C)C(=O)OCC. The van der Waals surface area contributed by atoms with Gasteiger partial charge in [-0.05, 0) is 20.3 Å². The Hall–Kier alpha value is -1.06. The molecule has 0 aliphatic rings. The molecule has 1 unspecified atom stereocenters. The standard InChI is InChI=1S/C10H18O4/c1-4-13-9(11)7-6-8(3)10(12)14-5-2/h8H,4-7H2,1-3H3. The lowest BCUT2D eigenvalue weighted by Crippen LogP contribution is -2.16. The van der Waals surface area contributed by atoms with Gasteiger partial charge >= 0.3 is 11.9 Å². The number of carbonyl (C=O) groups excluding carboxylic acids is 2. The highest BCUT2D eigenvalue weighted by Crippen LogP contribution is 2.08. The Kier molecular flexibility index (Phi) is 6.80. The summed E-state index contributed by atoms with van der Waals surface area (Å²) < 4.78 is 9.55. The van der Waals surface area contributed by atoms with Crippen molar-refractivity contribution in [2.45, 2.75) is 33.6 Å². The van der Waals surface area contributed by atoms with Crippen LogP contribution >= 0.6 is 0 Å². The predicted molar refractivity (Wildman–Crippen MR) is 51.7 cm³/mol. The van der Waals surface area contributed by atoms with E-state index in [4.69, 9.17) is 9.47 Å². The molecule has 0 saturated carbocycles. The minimum Gasteiger partial charge on any atom is -0.466 e. The Balaban J connectivity index is 3.67. The Bertz CT molecular complexity index is 189. The van der Waals surface area contributed by atoms with Crippen molar-refractivity contribution in [3.05, 3.63) is 0 Å². The average Bonchev–Trinajstić information content (AvgIpc) is 2.15. The highest BCUT2D eigenvalue weighted by atomic mass is 16.5. The van der Waals surface area contributed by atoms with Gasteiger partial charge < -0.3 is 9.47 Å². The fourth-order valence-corrected chi connectivity index (χ4v) is 0.970. The summed E-state index contributed by atoms with van der Waals surface area (Å²) in [6, 6.07) is 0. The van der Waals surface area contributed by atoms with Gasteiger partial charge in [0.2, 0.25) is 0 Å². The maximum atomic E-state index is 11.1. The molecular formula is C10H18O4. The van der Waals surface area contributed by atoms with E-state index >= 15 is 0 Å². The van der Waals surface area contributed by atoms with Crippen molar-refractivity contribution in [3.63, 3.8) is 0 Å². The molecule has 0 radical (unpaired) electrons. The molecule has 1 atom stereocenters. The zero-order chi connectivity index (χ0) is 11.0. The van der Waals surface area contributed by atoms with E-state index in [-0.39, 0.29) is 24.3 Å². The Morgan fingerprint density at radius 2 is 1.71 bits per heavy atom. The Labute approximate surface area is 84.6 Å². The molecule has 0 N–H and O–H groups in total. The van der Waals surface area contributed by atoms with Crippen molar-refractivity contribution in [2.75, 3.05) is 13.2 Å². The van der Waals surface area contributed by atoms with Gasteiger partial charge in [0.1, 0.15) is 0 Å². The maximum absolute atomic E-state index is 11.1. The fourth-order valence-electron chi connectivity index (χ4n) is 0.970. The summed E-state index contributed by atoms with van der Waals surface area (Å²) in [5.41, 5.74) is 0. The van der Waals surface area contributed by atoms with E-state index in [9.17, 15) is 9.59 Å². The lowest BCUT2D eigenvalue weighted by atomic mass is 10.1. The summed E-state index contributed by atoms with van der Waals surface area (Å²) in [6.45, 7) is 6.02. The molecule has 14 heavy (non-hydrogen) atoms. The van der Waals surface area contributed by atoms with E-state index in [1.807, 2.05) is 0 Å². The molecule has 0 heterocycles. The lowest BCUT2D eigenvalue weighted by Gasteiger charge is -2.09. The van der Waals surface area contributed by atoms with Crippen molar-refractivity contribution in [3.8, 4) is 0 Å². The maximum Gasteiger partial charge on any atom is 0.308 e.